The number of rotatable bonds is 1. The van der Waals surface area contributed by atoms with Gasteiger partial charge in [-0.1, -0.05) is 12.1 Å². The number of hydrogen-bond acceptors (Lipinski definition) is 3. The first-order valence-corrected chi connectivity index (χ1v) is 4.67. The molecule has 14 heavy (non-hydrogen) atoms. The fourth-order valence-electron chi connectivity index (χ4n) is 2.13. The lowest BCUT2D eigenvalue weighted by Gasteiger charge is -2.10. The molecule has 3 heteroatoms. The fourth-order valence-corrected chi connectivity index (χ4v) is 2.13. The summed E-state index contributed by atoms with van der Waals surface area (Å²) in [6.45, 7) is 3.99. The zero-order valence-corrected chi connectivity index (χ0v) is 8.46. The van der Waals surface area contributed by atoms with Crippen molar-refractivity contribution in [2.75, 3.05) is 7.11 Å². The van der Waals surface area contributed by atoms with Crippen LogP contribution in [0.5, 0.6) is 11.5 Å². The molecule has 3 nitrogen and oxygen atoms in total. The van der Waals surface area contributed by atoms with E-state index in [1.165, 1.54) is 0 Å². The molecular formula is C11H12O3. The van der Waals surface area contributed by atoms with Crippen molar-refractivity contribution >= 4 is 0 Å². The molecule has 1 aromatic rings. The maximum absolute atomic E-state index is 5.75. The lowest BCUT2D eigenvalue weighted by atomic mass is 9.98. The minimum atomic E-state index is -0.482. The quantitative estimate of drug-likeness (QED) is 0.638. The van der Waals surface area contributed by atoms with Crippen LogP contribution in [0.3, 0.4) is 0 Å². The van der Waals surface area contributed by atoms with Crippen LogP contribution in [0.2, 0.25) is 0 Å². The van der Waals surface area contributed by atoms with E-state index in [-0.39, 0.29) is 5.60 Å². The molecule has 2 aliphatic rings. The van der Waals surface area contributed by atoms with Gasteiger partial charge in [0.25, 0.3) is 0 Å². The minimum Gasteiger partial charge on any atom is -0.493 e. The molecule has 0 radical (unpaired) electrons. The maximum Gasteiger partial charge on any atom is 0.242 e. The molecule has 2 heterocycles. The Balaban J connectivity index is 2.20. The standard InChI is InChI=1S/C11H12O3/c1-10-7-5-4-6-8(12-3)9(7)13-11(10,2)14-10/h4-6H,1-3H3/t10-,11-/m0/s1. The predicted molar refractivity (Wildman–Crippen MR) is 50.5 cm³/mol. The number of hydrogen-bond donors (Lipinski definition) is 0. The Hall–Kier alpha value is -1.22. The third-order valence-corrected chi connectivity index (χ3v) is 3.23. The first kappa shape index (κ1) is 8.12. The highest BCUT2D eigenvalue weighted by atomic mass is 16.8. The molecule has 1 saturated heterocycles. The van der Waals surface area contributed by atoms with Gasteiger partial charge in [0.05, 0.1) is 7.11 Å². The lowest BCUT2D eigenvalue weighted by Crippen LogP contribution is -2.16. The van der Waals surface area contributed by atoms with Gasteiger partial charge < -0.3 is 14.2 Å². The van der Waals surface area contributed by atoms with Crippen LogP contribution >= 0.6 is 0 Å². The molecule has 0 aliphatic carbocycles. The normalized spacial score (nSPS) is 37.1. The average Bonchev–Trinajstić information content (AvgIpc) is 2.62. The molecule has 0 unspecified atom stereocenters. The van der Waals surface area contributed by atoms with Gasteiger partial charge in [0.15, 0.2) is 17.1 Å². The summed E-state index contributed by atoms with van der Waals surface area (Å²) >= 11 is 0. The van der Waals surface area contributed by atoms with Crippen molar-refractivity contribution < 1.29 is 14.2 Å². The van der Waals surface area contributed by atoms with Gasteiger partial charge in [0.2, 0.25) is 5.79 Å². The van der Waals surface area contributed by atoms with Crippen LogP contribution in [-0.2, 0) is 10.3 Å². The summed E-state index contributed by atoms with van der Waals surface area (Å²) in [7, 11) is 1.65. The Labute approximate surface area is 82.6 Å². The fraction of sp³-hybridized carbons (Fsp3) is 0.455. The van der Waals surface area contributed by atoms with E-state index in [4.69, 9.17) is 14.2 Å². The number of fused-ring (bicyclic) bond motifs is 3. The molecule has 1 aromatic carbocycles. The Morgan fingerprint density at radius 2 is 2.07 bits per heavy atom. The zero-order chi connectivity index (χ0) is 9.97. The second-order valence-corrected chi connectivity index (χ2v) is 4.02. The van der Waals surface area contributed by atoms with Crippen molar-refractivity contribution in [3.8, 4) is 11.5 Å². The Kier molecular flexibility index (Phi) is 1.19. The summed E-state index contributed by atoms with van der Waals surface area (Å²) in [4.78, 5) is 0. The second-order valence-electron chi connectivity index (χ2n) is 4.02. The molecule has 0 bridgehead atoms. The van der Waals surface area contributed by atoms with Crippen LogP contribution in [-0.4, -0.2) is 12.9 Å². The third-order valence-electron chi connectivity index (χ3n) is 3.23. The number of epoxide rings is 1. The molecular weight excluding hydrogens is 180 g/mol. The zero-order valence-electron chi connectivity index (χ0n) is 8.46. The van der Waals surface area contributed by atoms with Crippen LogP contribution in [0.25, 0.3) is 0 Å². The minimum absolute atomic E-state index is 0.281. The maximum atomic E-state index is 5.75. The SMILES string of the molecule is COc1cccc2c1O[C@@]1(C)O[C@@]21C. The summed E-state index contributed by atoms with van der Waals surface area (Å²) in [6.07, 6.45) is 0. The van der Waals surface area contributed by atoms with E-state index < -0.39 is 5.79 Å². The number of para-hydroxylation sites is 1. The largest absolute Gasteiger partial charge is 0.493 e. The van der Waals surface area contributed by atoms with Crippen molar-refractivity contribution in [1.29, 1.82) is 0 Å². The van der Waals surface area contributed by atoms with Crippen molar-refractivity contribution in [2.24, 2.45) is 0 Å². The number of benzene rings is 1. The molecule has 1 fully saturated rings. The van der Waals surface area contributed by atoms with E-state index >= 15 is 0 Å². The Morgan fingerprint density at radius 1 is 1.29 bits per heavy atom. The van der Waals surface area contributed by atoms with Crippen molar-refractivity contribution in [3.63, 3.8) is 0 Å². The van der Waals surface area contributed by atoms with Crippen molar-refractivity contribution in [1.82, 2.24) is 0 Å². The first-order valence-electron chi connectivity index (χ1n) is 4.67. The van der Waals surface area contributed by atoms with Crippen molar-refractivity contribution in [2.45, 2.75) is 25.2 Å². The van der Waals surface area contributed by atoms with Crippen LogP contribution in [0, 0.1) is 0 Å². The summed E-state index contributed by atoms with van der Waals surface area (Å²) in [5, 5.41) is 0. The Morgan fingerprint density at radius 3 is 2.79 bits per heavy atom. The molecule has 0 aromatic heterocycles. The van der Waals surface area contributed by atoms with E-state index in [2.05, 4.69) is 0 Å². The molecule has 2 aliphatic heterocycles. The van der Waals surface area contributed by atoms with E-state index in [1.807, 2.05) is 32.0 Å². The molecule has 2 atom stereocenters. The van der Waals surface area contributed by atoms with E-state index in [0.29, 0.717) is 0 Å². The smallest absolute Gasteiger partial charge is 0.242 e. The van der Waals surface area contributed by atoms with Gasteiger partial charge in [-0.3, -0.25) is 0 Å². The van der Waals surface area contributed by atoms with Crippen LogP contribution in [0.15, 0.2) is 18.2 Å². The first-order chi connectivity index (χ1) is 6.61. The molecule has 74 valence electrons. The van der Waals surface area contributed by atoms with E-state index in [1.54, 1.807) is 7.11 Å². The molecule has 3 rings (SSSR count). The number of methoxy groups -OCH3 is 1. The topological polar surface area (TPSA) is 31.0 Å². The third kappa shape index (κ3) is 0.686. The highest BCUT2D eigenvalue weighted by Crippen LogP contribution is 2.65. The predicted octanol–water partition coefficient (Wildman–Crippen LogP) is 2.05. The van der Waals surface area contributed by atoms with Gasteiger partial charge in [0.1, 0.15) is 0 Å². The van der Waals surface area contributed by atoms with E-state index in [9.17, 15) is 0 Å². The van der Waals surface area contributed by atoms with Crippen LogP contribution in [0.4, 0.5) is 0 Å². The molecule has 0 N–H and O–H groups in total. The monoisotopic (exact) mass is 192 g/mol. The van der Waals surface area contributed by atoms with Crippen LogP contribution < -0.4 is 9.47 Å². The summed E-state index contributed by atoms with van der Waals surface area (Å²) in [6, 6.07) is 5.88. The van der Waals surface area contributed by atoms with Crippen molar-refractivity contribution in [3.05, 3.63) is 23.8 Å². The van der Waals surface area contributed by atoms with Gasteiger partial charge in [-0.2, -0.15) is 0 Å². The highest BCUT2D eigenvalue weighted by molar-refractivity contribution is 5.56. The highest BCUT2D eigenvalue weighted by Gasteiger charge is 2.73. The lowest BCUT2D eigenvalue weighted by molar-refractivity contribution is 0.0749. The summed E-state index contributed by atoms with van der Waals surface area (Å²) < 4.78 is 16.6. The van der Waals surface area contributed by atoms with Gasteiger partial charge in [-0.05, 0) is 13.0 Å². The number of ether oxygens (including phenoxy) is 3. The molecule has 0 saturated carbocycles. The van der Waals surface area contributed by atoms with Gasteiger partial charge in [-0.15, -0.1) is 0 Å². The Bertz CT molecular complexity index is 415. The molecule has 0 amide bonds. The van der Waals surface area contributed by atoms with Crippen LogP contribution in [0.1, 0.15) is 19.4 Å². The summed E-state index contributed by atoms with van der Waals surface area (Å²) in [5.41, 5.74) is 0.802. The van der Waals surface area contributed by atoms with E-state index in [0.717, 1.165) is 17.1 Å². The molecule has 0 spiro atoms. The average molecular weight is 192 g/mol. The second kappa shape index (κ2) is 2.06. The van der Waals surface area contributed by atoms with Gasteiger partial charge >= 0.3 is 0 Å². The van der Waals surface area contributed by atoms with Gasteiger partial charge in [-0.25, -0.2) is 0 Å². The summed E-state index contributed by atoms with van der Waals surface area (Å²) in [5.74, 6) is 1.12. The van der Waals surface area contributed by atoms with Gasteiger partial charge in [0, 0.05) is 12.5 Å².